The highest BCUT2D eigenvalue weighted by atomic mass is 35.5. The summed E-state index contributed by atoms with van der Waals surface area (Å²) in [5.41, 5.74) is 2.29. The second kappa shape index (κ2) is 7.43. The summed E-state index contributed by atoms with van der Waals surface area (Å²) in [7, 11) is 0. The fourth-order valence-corrected chi connectivity index (χ4v) is 3.01. The highest BCUT2D eigenvalue weighted by molar-refractivity contribution is 7.11. The van der Waals surface area contributed by atoms with Crippen LogP contribution < -0.4 is 5.32 Å². The van der Waals surface area contributed by atoms with E-state index in [0.717, 1.165) is 5.56 Å². The highest BCUT2D eigenvalue weighted by Crippen LogP contribution is 2.26. The van der Waals surface area contributed by atoms with Gasteiger partial charge in [0.1, 0.15) is 28.3 Å². The Labute approximate surface area is 151 Å². The summed E-state index contributed by atoms with van der Waals surface area (Å²) in [5, 5.41) is 14.5. The second-order valence-corrected chi connectivity index (χ2v) is 6.25. The summed E-state index contributed by atoms with van der Waals surface area (Å²) >= 11 is 7.02. The number of hydrogen-bond donors (Lipinski definition) is 1. The van der Waals surface area contributed by atoms with Crippen molar-refractivity contribution in [2.24, 2.45) is 0 Å². The Balaban J connectivity index is 1.82. The predicted octanol–water partition coefficient (Wildman–Crippen LogP) is 5.72. The van der Waals surface area contributed by atoms with E-state index in [1.54, 1.807) is 17.5 Å². The third kappa shape index (κ3) is 4.02. The first-order chi connectivity index (χ1) is 12.1. The summed E-state index contributed by atoms with van der Waals surface area (Å²) < 4.78 is 26.2. The Morgan fingerprint density at radius 3 is 2.64 bits per heavy atom. The average Bonchev–Trinajstić information content (AvgIpc) is 3.09. The van der Waals surface area contributed by atoms with E-state index in [9.17, 15) is 14.0 Å². The van der Waals surface area contributed by atoms with Gasteiger partial charge in [-0.2, -0.15) is 5.26 Å². The van der Waals surface area contributed by atoms with Gasteiger partial charge in [0, 0.05) is 22.8 Å². The molecule has 0 unspecified atom stereocenters. The number of thiazole rings is 1. The van der Waals surface area contributed by atoms with Crippen LogP contribution in [0.5, 0.6) is 0 Å². The van der Waals surface area contributed by atoms with Crippen molar-refractivity contribution in [3.8, 4) is 17.3 Å². The van der Waals surface area contributed by atoms with Crippen LogP contribution in [0.15, 0.2) is 54.0 Å². The number of benzene rings is 2. The zero-order valence-electron chi connectivity index (χ0n) is 12.6. The molecule has 7 heteroatoms. The van der Waals surface area contributed by atoms with Gasteiger partial charge in [0.05, 0.1) is 10.7 Å². The molecule has 124 valence electrons. The Kier molecular flexibility index (Phi) is 5.08. The third-order valence-electron chi connectivity index (χ3n) is 3.30. The van der Waals surface area contributed by atoms with Crippen LogP contribution in [0.25, 0.3) is 16.8 Å². The first kappa shape index (κ1) is 17.1. The molecule has 0 aliphatic rings. The minimum Gasteiger partial charge on any atom is -0.360 e. The summed E-state index contributed by atoms with van der Waals surface area (Å²) in [6.07, 6.45) is 1.48. The maximum Gasteiger partial charge on any atom is 0.141 e. The van der Waals surface area contributed by atoms with Gasteiger partial charge in [0.2, 0.25) is 0 Å². The average molecular weight is 374 g/mol. The van der Waals surface area contributed by atoms with Crippen LogP contribution in [0.3, 0.4) is 0 Å². The number of nitrogens with zero attached hydrogens (tertiary/aromatic N) is 2. The Morgan fingerprint density at radius 1 is 1.20 bits per heavy atom. The number of nitriles is 1. The molecule has 0 bridgehead atoms. The zero-order valence-corrected chi connectivity index (χ0v) is 14.2. The Hall–Kier alpha value is -2.75. The third-order valence-corrected chi connectivity index (χ3v) is 4.46. The molecule has 25 heavy (non-hydrogen) atoms. The van der Waals surface area contributed by atoms with Crippen molar-refractivity contribution in [2.45, 2.75) is 0 Å². The van der Waals surface area contributed by atoms with Crippen molar-refractivity contribution >= 4 is 34.2 Å². The Bertz CT molecular complexity index is 975. The summed E-state index contributed by atoms with van der Waals surface area (Å²) in [6, 6.07) is 12.2. The number of aromatic nitrogens is 1. The van der Waals surface area contributed by atoms with Gasteiger partial charge in [-0.15, -0.1) is 11.3 Å². The SMILES string of the molecule is N#C/C(=C/Nc1ccc(F)c(Cl)c1)c1nc(-c2ccc(F)cc2)cs1. The van der Waals surface area contributed by atoms with Crippen LogP contribution in [0.4, 0.5) is 14.5 Å². The van der Waals surface area contributed by atoms with E-state index in [-0.39, 0.29) is 10.8 Å². The molecule has 1 aromatic heterocycles. The molecular formula is C18H10ClF2N3S. The second-order valence-electron chi connectivity index (χ2n) is 4.99. The van der Waals surface area contributed by atoms with E-state index in [1.807, 2.05) is 0 Å². The van der Waals surface area contributed by atoms with E-state index < -0.39 is 5.82 Å². The van der Waals surface area contributed by atoms with Crippen LogP contribution >= 0.6 is 22.9 Å². The zero-order chi connectivity index (χ0) is 17.8. The van der Waals surface area contributed by atoms with Crippen molar-refractivity contribution in [1.29, 1.82) is 5.26 Å². The van der Waals surface area contributed by atoms with Gasteiger partial charge in [-0.3, -0.25) is 0 Å². The van der Waals surface area contributed by atoms with Crippen LogP contribution in [-0.2, 0) is 0 Å². The fourth-order valence-electron chi connectivity index (χ4n) is 2.03. The maximum atomic E-state index is 13.2. The van der Waals surface area contributed by atoms with Crippen molar-refractivity contribution in [2.75, 3.05) is 5.32 Å². The van der Waals surface area contributed by atoms with Gasteiger partial charge in [0.25, 0.3) is 0 Å². The molecule has 0 aliphatic heterocycles. The lowest BCUT2D eigenvalue weighted by Crippen LogP contribution is -1.92. The summed E-state index contributed by atoms with van der Waals surface area (Å²) in [6.45, 7) is 0. The normalized spacial score (nSPS) is 11.2. The molecule has 2 aromatic carbocycles. The smallest absolute Gasteiger partial charge is 0.141 e. The van der Waals surface area contributed by atoms with E-state index in [2.05, 4.69) is 16.4 Å². The first-order valence-electron chi connectivity index (χ1n) is 7.10. The molecule has 0 aliphatic carbocycles. The molecule has 0 spiro atoms. The lowest BCUT2D eigenvalue weighted by Gasteiger charge is -2.02. The predicted molar refractivity (Wildman–Crippen MR) is 96.1 cm³/mol. The van der Waals surface area contributed by atoms with Crippen molar-refractivity contribution in [3.05, 3.63) is 75.7 Å². The Morgan fingerprint density at radius 2 is 1.96 bits per heavy atom. The molecule has 0 saturated carbocycles. The van der Waals surface area contributed by atoms with Gasteiger partial charge in [0.15, 0.2) is 0 Å². The monoisotopic (exact) mass is 373 g/mol. The van der Waals surface area contributed by atoms with E-state index >= 15 is 0 Å². The molecule has 0 amide bonds. The van der Waals surface area contributed by atoms with Gasteiger partial charge in [-0.25, -0.2) is 13.8 Å². The van der Waals surface area contributed by atoms with Crippen molar-refractivity contribution in [1.82, 2.24) is 4.98 Å². The minimum absolute atomic E-state index is 0.00949. The lowest BCUT2D eigenvalue weighted by molar-refractivity contribution is 0.628. The summed E-state index contributed by atoms with van der Waals surface area (Å²) in [5.74, 6) is -0.834. The molecule has 0 atom stereocenters. The molecule has 1 N–H and O–H groups in total. The summed E-state index contributed by atoms with van der Waals surface area (Å²) in [4.78, 5) is 4.40. The van der Waals surface area contributed by atoms with Gasteiger partial charge in [-0.1, -0.05) is 11.6 Å². The fraction of sp³-hybridized carbons (Fsp3) is 0. The molecule has 3 rings (SSSR count). The van der Waals surface area contributed by atoms with Gasteiger partial charge in [-0.05, 0) is 42.5 Å². The van der Waals surface area contributed by atoms with Crippen molar-refractivity contribution in [3.63, 3.8) is 0 Å². The number of hydrogen-bond acceptors (Lipinski definition) is 4. The number of nitrogens with one attached hydrogen (secondary N) is 1. The largest absolute Gasteiger partial charge is 0.360 e. The lowest BCUT2D eigenvalue weighted by atomic mass is 10.2. The molecular weight excluding hydrogens is 364 g/mol. The van der Waals surface area contributed by atoms with Crippen LogP contribution in [0.1, 0.15) is 5.01 Å². The quantitative estimate of drug-likeness (QED) is 0.595. The number of allylic oxidation sites excluding steroid dienone is 1. The molecule has 0 saturated heterocycles. The van der Waals surface area contributed by atoms with E-state index in [1.165, 1.54) is 47.9 Å². The van der Waals surface area contributed by atoms with E-state index in [0.29, 0.717) is 22.0 Å². The number of anilines is 1. The van der Waals surface area contributed by atoms with Crippen LogP contribution in [0.2, 0.25) is 5.02 Å². The molecule has 3 aromatic rings. The molecule has 3 nitrogen and oxygen atoms in total. The number of rotatable bonds is 4. The number of halogens is 3. The first-order valence-corrected chi connectivity index (χ1v) is 8.36. The highest BCUT2D eigenvalue weighted by Gasteiger charge is 2.09. The molecule has 1 heterocycles. The maximum absolute atomic E-state index is 13.2. The van der Waals surface area contributed by atoms with E-state index in [4.69, 9.17) is 11.6 Å². The van der Waals surface area contributed by atoms with Gasteiger partial charge >= 0.3 is 0 Å². The molecule has 0 fully saturated rings. The van der Waals surface area contributed by atoms with Crippen LogP contribution in [-0.4, -0.2) is 4.98 Å². The topological polar surface area (TPSA) is 48.7 Å². The molecule has 0 radical (unpaired) electrons. The van der Waals surface area contributed by atoms with Crippen molar-refractivity contribution < 1.29 is 8.78 Å². The standard InChI is InChI=1S/C18H10ClF2N3S/c19-15-7-14(5-6-16(15)21)23-9-12(8-22)18-24-17(10-25-18)11-1-3-13(20)4-2-11/h1-7,9-10,23H/b12-9-. The minimum atomic E-state index is -0.513. The van der Waals surface area contributed by atoms with Gasteiger partial charge < -0.3 is 5.32 Å². The van der Waals surface area contributed by atoms with Crippen LogP contribution in [0, 0.1) is 23.0 Å².